The Balaban J connectivity index is 1.82. The van der Waals surface area contributed by atoms with Gasteiger partial charge in [0.25, 0.3) is 0 Å². The van der Waals surface area contributed by atoms with Gasteiger partial charge in [-0.2, -0.15) is 5.26 Å². The molecular weight excluding hydrogens is 417 g/mol. The van der Waals surface area contributed by atoms with Gasteiger partial charge in [-0.05, 0) is 42.0 Å². The highest BCUT2D eigenvalue weighted by Gasteiger charge is 2.21. The summed E-state index contributed by atoms with van der Waals surface area (Å²) < 4.78 is 6.36. The Bertz CT molecular complexity index is 1070. The van der Waals surface area contributed by atoms with Crippen molar-refractivity contribution in [2.75, 3.05) is 12.8 Å². The van der Waals surface area contributed by atoms with E-state index in [1.165, 1.54) is 13.3 Å². The normalized spacial score (nSPS) is 10.5. The number of ether oxygens (including phenoxy) is 1. The number of esters is 1. The van der Waals surface area contributed by atoms with E-state index in [-0.39, 0.29) is 16.9 Å². The van der Waals surface area contributed by atoms with Gasteiger partial charge in [0.05, 0.1) is 28.4 Å². The van der Waals surface area contributed by atoms with E-state index >= 15 is 0 Å². The predicted octanol–water partition coefficient (Wildman–Crippen LogP) is 5.32. The van der Waals surface area contributed by atoms with Crippen molar-refractivity contribution < 1.29 is 9.53 Å². The number of methoxy groups -OCH3 is 1. The Morgan fingerprint density at radius 3 is 2.54 bits per heavy atom. The van der Waals surface area contributed by atoms with Crippen molar-refractivity contribution in [3.8, 4) is 11.8 Å². The van der Waals surface area contributed by atoms with Crippen LogP contribution in [0.5, 0.6) is 0 Å². The minimum atomic E-state index is -0.600. The first kappa shape index (κ1) is 20.2. The van der Waals surface area contributed by atoms with Crippen LogP contribution in [-0.2, 0) is 10.5 Å². The quantitative estimate of drug-likeness (QED) is 0.436. The van der Waals surface area contributed by atoms with Gasteiger partial charge in [0, 0.05) is 22.5 Å². The summed E-state index contributed by atoms with van der Waals surface area (Å²) in [7, 11) is 1.27. The lowest BCUT2D eigenvalue weighted by atomic mass is 10.2. The number of nitriles is 1. The summed E-state index contributed by atoms with van der Waals surface area (Å²) in [6.07, 6.45) is 1.53. The molecule has 0 amide bonds. The van der Waals surface area contributed by atoms with Crippen molar-refractivity contribution in [2.45, 2.75) is 10.6 Å². The van der Waals surface area contributed by atoms with Gasteiger partial charge >= 0.3 is 5.97 Å². The number of benzene rings is 2. The molecule has 5 nitrogen and oxygen atoms in total. The summed E-state index contributed by atoms with van der Waals surface area (Å²) in [6.45, 7) is 0. The molecule has 28 heavy (non-hydrogen) atoms. The minimum Gasteiger partial charge on any atom is -0.464 e. The van der Waals surface area contributed by atoms with E-state index in [1.807, 2.05) is 42.5 Å². The lowest BCUT2D eigenvalue weighted by Gasteiger charge is -2.09. The van der Waals surface area contributed by atoms with Crippen molar-refractivity contribution in [1.82, 2.24) is 4.57 Å². The van der Waals surface area contributed by atoms with Gasteiger partial charge in [0.15, 0.2) is 5.69 Å². The zero-order chi connectivity index (χ0) is 20.3. The fourth-order valence-electron chi connectivity index (χ4n) is 2.62. The Morgan fingerprint density at radius 2 is 1.93 bits per heavy atom. The molecule has 0 aliphatic rings. The van der Waals surface area contributed by atoms with Crippen LogP contribution in [0.25, 0.3) is 5.69 Å². The summed E-state index contributed by atoms with van der Waals surface area (Å²) in [6, 6.07) is 15.1. The smallest absolute Gasteiger partial charge is 0.357 e. The van der Waals surface area contributed by atoms with Gasteiger partial charge in [-0.1, -0.05) is 29.3 Å². The number of carbonyl (C=O) groups is 1. The van der Waals surface area contributed by atoms with Gasteiger partial charge in [0.2, 0.25) is 0 Å². The third-order valence-electron chi connectivity index (χ3n) is 4.05. The second-order valence-corrected chi connectivity index (χ2v) is 7.67. The molecule has 3 aromatic rings. The Hall–Kier alpha value is -2.59. The molecule has 3 rings (SSSR count). The Kier molecular flexibility index (Phi) is 6.20. The number of hydrogen-bond acceptors (Lipinski definition) is 5. The van der Waals surface area contributed by atoms with E-state index in [1.54, 1.807) is 22.4 Å². The SMILES string of the molecule is COC(=O)c1c(N)c(C#N)cn1-c1ccc(SCc2ccc(Cl)c(Cl)c2)cc1. The molecule has 0 radical (unpaired) electrons. The zero-order valence-corrected chi connectivity index (χ0v) is 17.1. The number of aromatic nitrogens is 1. The van der Waals surface area contributed by atoms with Gasteiger partial charge in [-0.15, -0.1) is 11.8 Å². The molecular formula is C20H15Cl2N3O2S. The third kappa shape index (κ3) is 4.12. The molecule has 0 saturated heterocycles. The number of halogens is 2. The number of nitrogen functional groups attached to an aromatic ring is 1. The number of rotatable bonds is 5. The van der Waals surface area contributed by atoms with E-state index in [0.717, 1.165) is 16.2 Å². The summed E-state index contributed by atoms with van der Waals surface area (Å²) in [5.74, 6) is 0.135. The zero-order valence-electron chi connectivity index (χ0n) is 14.8. The largest absolute Gasteiger partial charge is 0.464 e. The van der Waals surface area contributed by atoms with Crippen molar-refractivity contribution in [3.63, 3.8) is 0 Å². The van der Waals surface area contributed by atoms with E-state index in [2.05, 4.69) is 0 Å². The van der Waals surface area contributed by atoms with E-state index in [4.69, 9.17) is 33.7 Å². The summed E-state index contributed by atoms with van der Waals surface area (Å²) in [4.78, 5) is 13.1. The number of nitrogens with zero attached hydrogens (tertiary/aromatic N) is 2. The molecule has 0 saturated carbocycles. The predicted molar refractivity (Wildman–Crippen MR) is 112 cm³/mol. The maximum absolute atomic E-state index is 12.1. The number of thioether (sulfide) groups is 1. The highest BCUT2D eigenvalue weighted by atomic mass is 35.5. The molecule has 1 aromatic heterocycles. The van der Waals surface area contributed by atoms with Crippen LogP contribution in [0.4, 0.5) is 5.69 Å². The van der Waals surface area contributed by atoms with Crippen LogP contribution >= 0.6 is 35.0 Å². The second kappa shape index (κ2) is 8.61. The highest BCUT2D eigenvalue weighted by molar-refractivity contribution is 7.98. The molecule has 2 aromatic carbocycles. The van der Waals surface area contributed by atoms with Crippen LogP contribution in [0.2, 0.25) is 10.0 Å². The molecule has 0 unspecified atom stereocenters. The first-order valence-electron chi connectivity index (χ1n) is 8.11. The number of hydrogen-bond donors (Lipinski definition) is 1. The summed E-state index contributed by atoms with van der Waals surface area (Å²) >= 11 is 13.6. The van der Waals surface area contributed by atoms with Gasteiger partial charge in [0.1, 0.15) is 6.07 Å². The van der Waals surface area contributed by atoms with Crippen LogP contribution in [0, 0.1) is 11.3 Å². The molecule has 8 heteroatoms. The van der Waals surface area contributed by atoms with E-state index in [9.17, 15) is 10.1 Å². The molecule has 0 atom stereocenters. The molecule has 0 aliphatic heterocycles. The molecule has 142 valence electrons. The first-order valence-corrected chi connectivity index (χ1v) is 9.85. The first-order chi connectivity index (χ1) is 13.4. The summed E-state index contributed by atoms with van der Waals surface area (Å²) in [5, 5.41) is 10.3. The average molecular weight is 432 g/mol. The number of nitrogens with two attached hydrogens (primary N) is 1. The van der Waals surface area contributed by atoms with Gasteiger partial charge in [-0.3, -0.25) is 0 Å². The molecule has 1 heterocycles. The molecule has 0 fully saturated rings. The fraction of sp³-hybridized carbons (Fsp3) is 0.100. The molecule has 2 N–H and O–H groups in total. The lowest BCUT2D eigenvalue weighted by molar-refractivity contribution is 0.0593. The van der Waals surface area contributed by atoms with Crippen LogP contribution in [0.1, 0.15) is 21.6 Å². The number of carbonyl (C=O) groups excluding carboxylic acids is 1. The van der Waals surface area contributed by atoms with Gasteiger partial charge < -0.3 is 15.0 Å². The van der Waals surface area contributed by atoms with Gasteiger partial charge in [-0.25, -0.2) is 4.79 Å². The second-order valence-electron chi connectivity index (χ2n) is 5.81. The Morgan fingerprint density at radius 1 is 1.21 bits per heavy atom. The van der Waals surface area contributed by atoms with E-state index in [0.29, 0.717) is 15.7 Å². The minimum absolute atomic E-state index is 0.104. The Labute approximate surface area is 176 Å². The highest BCUT2D eigenvalue weighted by Crippen LogP contribution is 2.29. The van der Waals surface area contributed by atoms with Crippen molar-refractivity contribution in [1.29, 1.82) is 5.26 Å². The molecule has 0 spiro atoms. The van der Waals surface area contributed by atoms with Crippen molar-refractivity contribution in [2.24, 2.45) is 0 Å². The van der Waals surface area contributed by atoms with Crippen molar-refractivity contribution >= 4 is 46.6 Å². The van der Waals surface area contributed by atoms with Crippen LogP contribution in [0.15, 0.2) is 53.6 Å². The fourth-order valence-corrected chi connectivity index (χ4v) is 3.78. The van der Waals surface area contributed by atoms with Crippen LogP contribution in [0.3, 0.4) is 0 Å². The maximum atomic E-state index is 12.1. The standard InChI is InChI=1S/C20H15Cl2N3O2S/c1-27-20(26)19-18(24)13(9-23)10-25(19)14-3-5-15(6-4-14)28-11-12-2-7-16(21)17(22)8-12/h2-8,10H,11,24H2,1H3. The van der Waals surface area contributed by atoms with Crippen molar-refractivity contribution in [3.05, 3.63) is 75.5 Å². The molecule has 0 aliphatic carbocycles. The maximum Gasteiger partial charge on any atom is 0.357 e. The lowest BCUT2D eigenvalue weighted by Crippen LogP contribution is -2.11. The summed E-state index contributed by atoms with van der Waals surface area (Å²) in [5.41, 5.74) is 8.15. The number of anilines is 1. The van der Waals surface area contributed by atoms with E-state index < -0.39 is 5.97 Å². The molecule has 0 bridgehead atoms. The third-order valence-corrected chi connectivity index (χ3v) is 5.87. The topological polar surface area (TPSA) is 81.0 Å². The average Bonchev–Trinajstić information content (AvgIpc) is 3.05. The monoisotopic (exact) mass is 431 g/mol. The van der Waals surface area contributed by atoms with Crippen LogP contribution < -0.4 is 5.73 Å². The van der Waals surface area contributed by atoms with Crippen LogP contribution in [-0.4, -0.2) is 17.6 Å².